The average molecular weight is 572 g/mol. The zero-order valence-electron chi connectivity index (χ0n) is 19.8. The minimum Gasteiger partial charge on any atom is -0.484 e. The summed E-state index contributed by atoms with van der Waals surface area (Å²) in [4.78, 5) is 17.0. The standard InChI is InChI=1S/C24H21F4N3O7S/c25-18-5-4-17(11-19(18)26)39(34,35)30-24(33)31(22(32)14-2-1-8-29-12-14)15-3-6-20(38-23(27)28)21(10-15)37-16-7-9-36-13-16/h1-6,8,10-12,16,22-23,32H,7,9,13H2,(H,30,33)/t16-,22?/m1/s1. The molecule has 2 N–H and O–H groups in total. The van der Waals surface area contributed by atoms with Crippen molar-refractivity contribution < 1.29 is 50.1 Å². The molecular formula is C24H21F4N3O7S. The summed E-state index contributed by atoms with van der Waals surface area (Å²) in [6.45, 7) is -2.68. The second kappa shape index (κ2) is 11.8. The minimum atomic E-state index is -4.77. The van der Waals surface area contributed by atoms with Crippen LogP contribution in [0.4, 0.5) is 28.0 Å². The van der Waals surface area contributed by atoms with Crippen LogP contribution >= 0.6 is 0 Å². The number of benzene rings is 2. The Balaban J connectivity index is 1.73. The molecule has 1 aliphatic heterocycles. The van der Waals surface area contributed by atoms with E-state index in [-0.39, 0.29) is 29.4 Å². The Hall–Kier alpha value is -3.95. The summed E-state index contributed by atoms with van der Waals surface area (Å²) in [5, 5.41) is 11.1. The molecule has 1 aromatic heterocycles. The molecule has 3 aromatic rings. The van der Waals surface area contributed by atoms with Gasteiger partial charge in [0, 0.05) is 30.4 Å². The number of sulfonamides is 1. The van der Waals surface area contributed by atoms with Crippen molar-refractivity contribution in [3.63, 3.8) is 0 Å². The van der Waals surface area contributed by atoms with Crippen LogP contribution in [-0.4, -0.2) is 50.5 Å². The molecule has 208 valence electrons. The van der Waals surface area contributed by atoms with E-state index in [4.69, 9.17) is 9.47 Å². The van der Waals surface area contributed by atoms with Gasteiger partial charge in [0.1, 0.15) is 6.10 Å². The lowest BCUT2D eigenvalue weighted by atomic mass is 10.2. The monoisotopic (exact) mass is 571 g/mol. The van der Waals surface area contributed by atoms with Gasteiger partial charge in [-0.25, -0.2) is 26.7 Å². The highest BCUT2D eigenvalue weighted by atomic mass is 32.2. The van der Waals surface area contributed by atoms with Crippen LogP contribution in [0.3, 0.4) is 0 Å². The number of pyridine rings is 1. The quantitative estimate of drug-likeness (QED) is 0.294. The summed E-state index contributed by atoms with van der Waals surface area (Å²) in [5.74, 6) is -3.39. The van der Waals surface area contributed by atoms with Crippen LogP contribution in [0.15, 0.2) is 65.8 Å². The average Bonchev–Trinajstić information content (AvgIpc) is 3.40. The number of anilines is 1. The molecule has 0 saturated carbocycles. The number of aromatic nitrogens is 1. The number of halogens is 4. The Morgan fingerprint density at radius 3 is 2.56 bits per heavy atom. The highest BCUT2D eigenvalue weighted by Crippen LogP contribution is 2.37. The molecule has 1 fully saturated rings. The smallest absolute Gasteiger partial charge is 0.387 e. The summed E-state index contributed by atoms with van der Waals surface area (Å²) in [5.41, 5.74) is -0.141. The number of carbonyl (C=O) groups is 1. The van der Waals surface area contributed by atoms with Crippen molar-refractivity contribution in [2.75, 3.05) is 18.1 Å². The number of nitrogens with one attached hydrogen (secondary N) is 1. The molecular weight excluding hydrogens is 550 g/mol. The van der Waals surface area contributed by atoms with Crippen molar-refractivity contribution in [1.29, 1.82) is 0 Å². The first kappa shape index (κ1) is 28.1. The largest absolute Gasteiger partial charge is 0.484 e. The Labute approximate surface area is 219 Å². The molecule has 0 aliphatic carbocycles. The molecule has 0 spiro atoms. The number of aliphatic hydroxyl groups excluding tert-OH is 1. The highest BCUT2D eigenvalue weighted by Gasteiger charge is 2.31. The molecule has 0 radical (unpaired) electrons. The van der Waals surface area contributed by atoms with Crippen molar-refractivity contribution in [3.8, 4) is 11.5 Å². The molecule has 15 heteroatoms. The third-order valence-corrected chi connectivity index (χ3v) is 6.79. The number of ether oxygens (including phenoxy) is 3. The molecule has 1 saturated heterocycles. The van der Waals surface area contributed by atoms with Crippen LogP contribution in [0.2, 0.25) is 0 Å². The molecule has 39 heavy (non-hydrogen) atoms. The lowest BCUT2D eigenvalue weighted by molar-refractivity contribution is -0.0521. The second-order valence-electron chi connectivity index (χ2n) is 8.13. The summed E-state index contributed by atoms with van der Waals surface area (Å²) in [6.07, 6.45) is 0.659. The fraction of sp³-hybridized carbons (Fsp3) is 0.250. The van der Waals surface area contributed by atoms with E-state index in [1.807, 2.05) is 0 Å². The lowest BCUT2D eigenvalue weighted by Gasteiger charge is -2.29. The predicted octanol–water partition coefficient (Wildman–Crippen LogP) is 3.72. The number of hydrogen-bond donors (Lipinski definition) is 2. The van der Waals surface area contributed by atoms with E-state index in [9.17, 15) is 35.9 Å². The van der Waals surface area contributed by atoms with Gasteiger partial charge in [-0.2, -0.15) is 8.78 Å². The molecule has 2 heterocycles. The minimum absolute atomic E-state index is 0.0532. The SMILES string of the molecule is O=C(NS(=O)(=O)c1ccc(F)c(F)c1)N(c1ccc(OC(F)F)c(O[C@@H]2CCOC2)c1)C(O)c1cccnc1. The topological polar surface area (TPSA) is 127 Å². The Morgan fingerprint density at radius 1 is 1.13 bits per heavy atom. The van der Waals surface area contributed by atoms with Crippen molar-refractivity contribution >= 4 is 21.7 Å². The Bertz CT molecular complexity index is 1420. The van der Waals surface area contributed by atoms with Crippen molar-refractivity contribution in [3.05, 3.63) is 78.1 Å². The van der Waals surface area contributed by atoms with Crippen molar-refractivity contribution in [2.45, 2.75) is 30.3 Å². The van der Waals surface area contributed by atoms with Gasteiger partial charge in [-0.15, -0.1) is 0 Å². The van der Waals surface area contributed by atoms with Gasteiger partial charge in [0.05, 0.1) is 23.8 Å². The second-order valence-corrected chi connectivity index (χ2v) is 9.81. The Kier molecular flexibility index (Phi) is 8.52. The zero-order valence-corrected chi connectivity index (χ0v) is 20.7. The van der Waals surface area contributed by atoms with Crippen molar-refractivity contribution in [1.82, 2.24) is 9.71 Å². The van der Waals surface area contributed by atoms with Gasteiger partial charge in [-0.3, -0.25) is 9.88 Å². The van der Waals surface area contributed by atoms with Crippen LogP contribution in [-0.2, 0) is 14.8 Å². The van der Waals surface area contributed by atoms with Crippen molar-refractivity contribution in [2.24, 2.45) is 0 Å². The van der Waals surface area contributed by atoms with E-state index in [2.05, 4.69) is 9.72 Å². The summed E-state index contributed by atoms with van der Waals surface area (Å²) < 4.78 is 95.7. The third-order valence-electron chi connectivity index (χ3n) is 5.47. The summed E-state index contributed by atoms with van der Waals surface area (Å²) in [7, 11) is -4.77. The van der Waals surface area contributed by atoms with Crippen LogP contribution < -0.4 is 19.1 Å². The molecule has 4 rings (SSSR count). The molecule has 1 aliphatic rings. The maximum atomic E-state index is 13.7. The number of aliphatic hydroxyl groups is 1. The highest BCUT2D eigenvalue weighted by molar-refractivity contribution is 7.90. The van der Waals surface area contributed by atoms with E-state index in [0.717, 1.165) is 24.3 Å². The summed E-state index contributed by atoms with van der Waals surface area (Å²) >= 11 is 0. The number of rotatable bonds is 9. The van der Waals surface area contributed by atoms with Crippen LogP contribution in [0, 0.1) is 11.6 Å². The number of hydrogen-bond acceptors (Lipinski definition) is 8. The zero-order chi connectivity index (χ0) is 28.2. The van der Waals surface area contributed by atoms with Gasteiger partial charge in [-0.1, -0.05) is 6.07 Å². The fourth-order valence-corrected chi connectivity index (χ4v) is 4.58. The first-order valence-corrected chi connectivity index (χ1v) is 12.8. The summed E-state index contributed by atoms with van der Waals surface area (Å²) in [6, 6.07) is 6.35. The molecule has 1 unspecified atom stereocenters. The molecule has 2 amide bonds. The maximum Gasteiger partial charge on any atom is 0.387 e. The predicted molar refractivity (Wildman–Crippen MR) is 127 cm³/mol. The van der Waals surface area contributed by atoms with Gasteiger partial charge in [0.2, 0.25) is 0 Å². The van der Waals surface area contributed by atoms with Gasteiger partial charge >= 0.3 is 12.6 Å². The fourth-order valence-electron chi connectivity index (χ4n) is 3.63. The number of amides is 2. The van der Waals surface area contributed by atoms with Gasteiger partial charge in [-0.05, 0) is 36.4 Å². The van der Waals surface area contributed by atoms with Crippen LogP contribution in [0.1, 0.15) is 18.2 Å². The normalized spacial score (nSPS) is 16.1. The van der Waals surface area contributed by atoms with E-state index in [1.54, 1.807) is 4.72 Å². The third kappa shape index (κ3) is 6.74. The van der Waals surface area contributed by atoms with Gasteiger partial charge in [0.15, 0.2) is 29.4 Å². The molecule has 2 atom stereocenters. The maximum absolute atomic E-state index is 13.7. The van der Waals surface area contributed by atoms with Crippen LogP contribution in [0.25, 0.3) is 0 Å². The first-order chi connectivity index (χ1) is 18.5. The van der Waals surface area contributed by atoms with E-state index < -0.39 is 51.5 Å². The lowest BCUT2D eigenvalue weighted by Crippen LogP contribution is -2.45. The van der Waals surface area contributed by atoms with Crippen LogP contribution in [0.5, 0.6) is 11.5 Å². The van der Waals surface area contributed by atoms with E-state index in [1.165, 1.54) is 24.5 Å². The number of alkyl halides is 2. The number of urea groups is 1. The molecule has 0 bridgehead atoms. The molecule has 2 aromatic carbocycles. The van der Waals surface area contributed by atoms with Gasteiger partial charge in [0.25, 0.3) is 10.0 Å². The van der Waals surface area contributed by atoms with E-state index >= 15 is 0 Å². The molecule has 10 nitrogen and oxygen atoms in total. The first-order valence-electron chi connectivity index (χ1n) is 11.3. The van der Waals surface area contributed by atoms with Gasteiger partial charge < -0.3 is 19.3 Å². The Morgan fingerprint density at radius 2 is 1.92 bits per heavy atom. The number of nitrogens with zero attached hydrogens (tertiary/aromatic N) is 2. The van der Waals surface area contributed by atoms with E-state index in [0.29, 0.717) is 30.1 Å². The number of carbonyl (C=O) groups excluding carboxylic acids is 1.